The predicted octanol–water partition coefficient (Wildman–Crippen LogP) is 3.95. The van der Waals surface area contributed by atoms with E-state index in [-0.39, 0.29) is 38.5 Å². The topological polar surface area (TPSA) is 168 Å². The smallest absolute Gasteiger partial charge is 0.309 e. The lowest BCUT2D eigenvalue weighted by Gasteiger charge is -2.24. The molecule has 1 rings (SSSR count). The molecule has 9 heteroatoms. The van der Waals surface area contributed by atoms with Crippen LogP contribution in [0.25, 0.3) is 0 Å². The van der Waals surface area contributed by atoms with Crippen LogP contribution in [0, 0.1) is 5.92 Å². The number of carbonyl (C=O) groups is 1. The minimum Gasteiger partial charge on any atom is -0.459 e. The summed E-state index contributed by atoms with van der Waals surface area (Å²) in [5, 5.41) is 73.0. The molecule has 0 saturated carbocycles. The van der Waals surface area contributed by atoms with E-state index < -0.39 is 60.7 Å². The molecular formula is C35H58O9. The van der Waals surface area contributed by atoms with Gasteiger partial charge in [-0.2, -0.15) is 0 Å². The van der Waals surface area contributed by atoms with Crippen molar-refractivity contribution in [2.24, 2.45) is 5.92 Å². The second kappa shape index (κ2) is 23.3. The van der Waals surface area contributed by atoms with Gasteiger partial charge in [-0.25, -0.2) is 0 Å². The van der Waals surface area contributed by atoms with E-state index in [0.29, 0.717) is 18.4 Å². The molecule has 0 radical (unpaired) electrons. The Morgan fingerprint density at radius 2 is 1.20 bits per heavy atom. The molecular weight excluding hydrogens is 564 g/mol. The van der Waals surface area contributed by atoms with Crippen LogP contribution >= 0.6 is 0 Å². The maximum Gasteiger partial charge on any atom is 0.309 e. The van der Waals surface area contributed by atoms with E-state index in [2.05, 4.69) is 6.92 Å². The molecule has 0 fully saturated rings. The van der Waals surface area contributed by atoms with Crippen LogP contribution in [0.4, 0.5) is 0 Å². The van der Waals surface area contributed by atoms with E-state index in [1.54, 1.807) is 68.5 Å². The van der Waals surface area contributed by atoms with Crippen LogP contribution in [0.2, 0.25) is 0 Å². The molecule has 1 heterocycles. The van der Waals surface area contributed by atoms with Crippen LogP contribution in [-0.2, 0) is 9.53 Å². The number of aliphatic hydroxyl groups excluding tert-OH is 7. The molecule has 0 spiro atoms. The second-order valence-corrected chi connectivity index (χ2v) is 12.2. The van der Waals surface area contributed by atoms with Gasteiger partial charge in [-0.15, -0.1) is 0 Å². The minimum atomic E-state index is -1.05. The van der Waals surface area contributed by atoms with Gasteiger partial charge < -0.3 is 40.5 Å². The quantitative estimate of drug-likeness (QED) is 0.177. The van der Waals surface area contributed by atoms with E-state index >= 15 is 0 Å². The molecule has 9 nitrogen and oxygen atoms in total. The number of cyclic esters (lactones) is 1. The summed E-state index contributed by atoms with van der Waals surface area (Å²) in [6.07, 6.45) is 13.0. The Bertz CT molecular complexity index is 925. The summed E-state index contributed by atoms with van der Waals surface area (Å²) in [4.78, 5) is 13.0. The molecule has 0 aromatic carbocycles. The highest BCUT2D eigenvalue weighted by Crippen LogP contribution is 2.23. The van der Waals surface area contributed by atoms with Crippen molar-refractivity contribution < 1.29 is 45.3 Å². The second-order valence-electron chi connectivity index (χ2n) is 12.2. The van der Waals surface area contributed by atoms with Gasteiger partial charge >= 0.3 is 5.97 Å². The fraction of sp³-hybridized carbons (Fsp3) is 0.686. The lowest BCUT2D eigenvalue weighted by atomic mass is 9.92. The first kappa shape index (κ1) is 39.9. The summed E-state index contributed by atoms with van der Waals surface area (Å²) in [5.41, 5.74) is 0.642. The van der Waals surface area contributed by atoms with E-state index in [1.807, 2.05) is 0 Å². The highest BCUT2D eigenvalue weighted by Gasteiger charge is 2.26. The molecule has 1 aliphatic rings. The maximum absolute atomic E-state index is 13.0. The van der Waals surface area contributed by atoms with Gasteiger partial charge in [0.1, 0.15) is 12.2 Å². The van der Waals surface area contributed by atoms with Crippen molar-refractivity contribution in [1.82, 2.24) is 0 Å². The van der Waals surface area contributed by atoms with Crippen LogP contribution in [0.1, 0.15) is 97.8 Å². The van der Waals surface area contributed by atoms with E-state index in [4.69, 9.17) is 4.74 Å². The van der Waals surface area contributed by atoms with Gasteiger partial charge in [0.05, 0.1) is 42.5 Å². The number of hydrogen-bond donors (Lipinski definition) is 7. The summed E-state index contributed by atoms with van der Waals surface area (Å²) in [6.45, 7) is 5.48. The molecule has 44 heavy (non-hydrogen) atoms. The molecule has 0 aliphatic carbocycles. The van der Waals surface area contributed by atoms with Crippen molar-refractivity contribution in [1.29, 1.82) is 0 Å². The average Bonchev–Trinajstić information content (AvgIpc) is 2.94. The lowest BCUT2D eigenvalue weighted by Crippen LogP contribution is -2.31. The molecule has 9 atom stereocenters. The number of unbranched alkanes of at least 4 members (excludes halogenated alkanes) is 3. The summed E-state index contributed by atoms with van der Waals surface area (Å²) >= 11 is 0. The normalized spacial score (nSPS) is 37.4. The molecule has 252 valence electrons. The zero-order valence-electron chi connectivity index (χ0n) is 26.8. The summed E-state index contributed by atoms with van der Waals surface area (Å²) in [6, 6.07) is 0. The molecule has 1 aliphatic heterocycles. The van der Waals surface area contributed by atoms with Crippen molar-refractivity contribution >= 4 is 5.97 Å². The van der Waals surface area contributed by atoms with Crippen LogP contribution < -0.4 is 0 Å². The number of rotatable bonds is 5. The highest BCUT2D eigenvalue weighted by molar-refractivity contribution is 5.72. The van der Waals surface area contributed by atoms with Crippen LogP contribution in [0.5, 0.6) is 0 Å². The Hall–Kier alpha value is -2.11. The SMILES string of the molecule is CCCCCC[C@H]1CC[C@@H](O)C[C@@H](O)C[C@@H](O)C[C@@H](O)C[C@H](O)C[C@@H](O)\C(C)=C/C=C\C=C/C=C\C=C/[C@H](O)[C@@H](C)OC1=O. The maximum atomic E-state index is 13.0. The average molecular weight is 623 g/mol. The molecule has 0 aromatic heterocycles. The first-order valence-corrected chi connectivity index (χ1v) is 16.2. The largest absolute Gasteiger partial charge is 0.459 e. The molecule has 0 amide bonds. The third-order valence-electron chi connectivity index (χ3n) is 7.90. The van der Waals surface area contributed by atoms with Crippen molar-refractivity contribution in [3.05, 3.63) is 60.3 Å². The molecule has 0 bridgehead atoms. The Morgan fingerprint density at radius 1 is 0.682 bits per heavy atom. The van der Waals surface area contributed by atoms with Crippen molar-refractivity contribution in [3.63, 3.8) is 0 Å². The van der Waals surface area contributed by atoms with Crippen molar-refractivity contribution in [3.8, 4) is 0 Å². The fourth-order valence-electron chi connectivity index (χ4n) is 5.12. The number of carbonyl (C=O) groups excluding carboxylic acids is 1. The van der Waals surface area contributed by atoms with Crippen LogP contribution in [-0.4, -0.2) is 90.5 Å². The Labute approximate surface area is 264 Å². The third-order valence-corrected chi connectivity index (χ3v) is 7.90. The summed E-state index contributed by atoms with van der Waals surface area (Å²) < 4.78 is 5.60. The van der Waals surface area contributed by atoms with Gasteiger partial charge in [0.2, 0.25) is 0 Å². The van der Waals surface area contributed by atoms with Crippen LogP contribution in [0.15, 0.2) is 60.3 Å². The van der Waals surface area contributed by atoms with E-state index in [1.165, 1.54) is 0 Å². The molecule has 7 N–H and O–H groups in total. The summed E-state index contributed by atoms with van der Waals surface area (Å²) in [7, 11) is 0. The number of allylic oxidation sites excluding steroid dienone is 8. The monoisotopic (exact) mass is 622 g/mol. The number of hydrogen-bond acceptors (Lipinski definition) is 9. The molecule has 0 saturated heterocycles. The summed E-state index contributed by atoms with van der Waals surface area (Å²) in [5.74, 6) is -0.873. The van der Waals surface area contributed by atoms with Crippen LogP contribution in [0.3, 0.4) is 0 Å². The molecule has 0 aromatic rings. The number of ether oxygens (including phenoxy) is 1. The van der Waals surface area contributed by atoms with Gasteiger partial charge in [-0.3, -0.25) is 4.79 Å². The van der Waals surface area contributed by atoms with Gasteiger partial charge in [0, 0.05) is 6.42 Å². The Kier molecular flexibility index (Phi) is 21.1. The fourth-order valence-corrected chi connectivity index (χ4v) is 5.12. The first-order valence-electron chi connectivity index (χ1n) is 16.2. The lowest BCUT2D eigenvalue weighted by molar-refractivity contribution is -0.158. The van der Waals surface area contributed by atoms with E-state index in [9.17, 15) is 40.5 Å². The molecule has 0 unspecified atom stereocenters. The van der Waals surface area contributed by atoms with Gasteiger partial charge in [-0.1, -0.05) is 87.3 Å². The standard InChI is InChI=1S/C35H58O9/c1-4-5-6-13-16-27-18-19-28(36)20-29(37)21-30(38)22-31(39)23-32(40)24-34(42)25(2)15-12-10-8-7-9-11-14-17-33(41)26(3)44-35(27)43/h7-12,14-15,17,26-34,36-42H,4-6,13,16,18-24H2,1-3H3/b8-7-,11-9-,12-10-,17-14-,25-15-/t26-,27+,28-,29-,30-,31-,32+,33+,34-/m1/s1. The van der Waals surface area contributed by atoms with Gasteiger partial charge in [0.15, 0.2) is 0 Å². The zero-order valence-corrected chi connectivity index (χ0v) is 26.8. The van der Waals surface area contributed by atoms with Gasteiger partial charge in [0.25, 0.3) is 0 Å². The first-order chi connectivity index (χ1) is 20.9. The van der Waals surface area contributed by atoms with E-state index in [0.717, 1.165) is 25.7 Å². The highest BCUT2D eigenvalue weighted by atomic mass is 16.6. The number of esters is 1. The van der Waals surface area contributed by atoms with Crippen molar-refractivity contribution in [2.45, 2.75) is 147 Å². The predicted molar refractivity (Wildman–Crippen MR) is 172 cm³/mol. The zero-order chi connectivity index (χ0) is 32.9. The minimum absolute atomic E-state index is 0.00223. The number of aliphatic hydroxyl groups is 7. The van der Waals surface area contributed by atoms with Gasteiger partial charge in [-0.05, 0) is 64.4 Å². The Balaban J connectivity index is 3.00. The third kappa shape index (κ3) is 18.6. The van der Waals surface area contributed by atoms with Crippen molar-refractivity contribution in [2.75, 3.05) is 0 Å². The Morgan fingerprint density at radius 3 is 1.80 bits per heavy atom.